The number of benzene rings is 1. The van der Waals surface area contributed by atoms with Gasteiger partial charge in [0.25, 0.3) is 0 Å². The first-order chi connectivity index (χ1) is 7.90. The van der Waals surface area contributed by atoms with Gasteiger partial charge in [0.05, 0.1) is 17.4 Å². The quantitative estimate of drug-likeness (QED) is 0.798. The summed E-state index contributed by atoms with van der Waals surface area (Å²) in [5.41, 5.74) is 5.29. The molecule has 0 aliphatic carbocycles. The number of sulfonamides is 1. The molecular formula is C10H12FN3O2S. The Bertz CT molecular complexity index is 551. The molecule has 0 saturated carbocycles. The molecule has 1 aromatic carbocycles. The van der Waals surface area contributed by atoms with Crippen LogP contribution in [0.2, 0.25) is 0 Å². The molecule has 0 bridgehead atoms. The first kappa shape index (κ1) is 13.3. The van der Waals surface area contributed by atoms with Gasteiger partial charge in [0.1, 0.15) is 5.82 Å². The van der Waals surface area contributed by atoms with Crippen LogP contribution in [-0.4, -0.2) is 13.7 Å². The Kier molecular flexibility index (Phi) is 3.91. The lowest BCUT2D eigenvalue weighted by Gasteiger charge is -2.11. The Labute approximate surface area is 99.1 Å². The number of hydrogen-bond donors (Lipinski definition) is 2. The van der Waals surface area contributed by atoms with Crippen molar-refractivity contribution < 1.29 is 12.8 Å². The first-order valence-corrected chi connectivity index (χ1v) is 6.41. The highest BCUT2D eigenvalue weighted by Gasteiger charge is 2.23. The molecule has 0 amide bonds. The zero-order valence-corrected chi connectivity index (χ0v) is 9.96. The summed E-state index contributed by atoms with van der Waals surface area (Å²) in [5, 5.41) is 7.54. The molecule has 0 aliphatic rings. The fourth-order valence-corrected chi connectivity index (χ4v) is 2.40. The van der Waals surface area contributed by atoms with E-state index in [1.165, 1.54) is 6.07 Å². The van der Waals surface area contributed by atoms with Gasteiger partial charge in [0.15, 0.2) is 5.25 Å². The van der Waals surface area contributed by atoms with E-state index in [2.05, 4.69) is 4.72 Å². The second-order valence-electron chi connectivity index (χ2n) is 3.41. The Morgan fingerprint density at radius 2 is 2.24 bits per heavy atom. The minimum absolute atomic E-state index is 0.137. The van der Waals surface area contributed by atoms with Gasteiger partial charge in [-0.2, -0.15) is 5.26 Å². The van der Waals surface area contributed by atoms with Crippen LogP contribution in [0.4, 0.5) is 15.8 Å². The molecule has 0 aromatic heterocycles. The van der Waals surface area contributed by atoms with E-state index in [0.717, 1.165) is 12.1 Å². The van der Waals surface area contributed by atoms with Crippen molar-refractivity contribution in [2.45, 2.75) is 18.6 Å². The van der Waals surface area contributed by atoms with Crippen LogP contribution < -0.4 is 10.5 Å². The minimum Gasteiger partial charge on any atom is -0.396 e. The predicted molar refractivity (Wildman–Crippen MR) is 63.0 cm³/mol. The minimum atomic E-state index is -3.79. The second-order valence-corrected chi connectivity index (χ2v) is 5.27. The van der Waals surface area contributed by atoms with Crippen molar-refractivity contribution in [1.82, 2.24) is 0 Å². The lowest BCUT2D eigenvalue weighted by Crippen LogP contribution is -2.26. The summed E-state index contributed by atoms with van der Waals surface area (Å²) < 4.78 is 38.4. The van der Waals surface area contributed by atoms with Crippen LogP contribution in [-0.2, 0) is 10.0 Å². The summed E-state index contributed by atoms with van der Waals surface area (Å²) in [4.78, 5) is 0. The fourth-order valence-electron chi connectivity index (χ4n) is 1.22. The van der Waals surface area contributed by atoms with E-state index in [4.69, 9.17) is 11.0 Å². The third-order valence-electron chi connectivity index (χ3n) is 2.15. The van der Waals surface area contributed by atoms with Gasteiger partial charge in [-0.05, 0) is 24.6 Å². The summed E-state index contributed by atoms with van der Waals surface area (Å²) in [5.74, 6) is -0.625. The average molecular weight is 257 g/mol. The fraction of sp³-hybridized carbons (Fsp3) is 0.300. The largest absolute Gasteiger partial charge is 0.396 e. The monoisotopic (exact) mass is 257 g/mol. The molecule has 1 unspecified atom stereocenters. The van der Waals surface area contributed by atoms with E-state index in [9.17, 15) is 12.8 Å². The van der Waals surface area contributed by atoms with Crippen molar-refractivity contribution in [3.05, 3.63) is 24.0 Å². The summed E-state index contributed by atoms with van der Waals surface area (Å²) in [6.07, 6.45) is 0.169. The molecule has 0 saturated heterocycles. The van der Waals surface area contributed by atoms with E-state index in [1.807, 2.05) is 0 Å². The van der Waals surface area contributed by atoms with Gasteiger partial charge in [-0.1, -0.05) is 6.92 Å². The average Bonchev–Trinajstić information content (AvgIpc) is 2.24. The zero-order valence-electron chi connectivity index (χ0n) is 9.14. The van der Waals surface area contributed by atoms with Gasteiger partial charge in [-0.25, -0.2) is 12.8 Å². The summed E-state index contributed by atoms with van der Waals surface area (Å²) >= 11 is 0. The lowest BCUT2D eigenvalue weighted by molar-refractivity contribution is 0.592. The molecule has 7 heteroatoms. The first-order valence-electron chi connectivity index (χ1n) is 4.87. The molecule has 0 radical (unpaired) electrons. The van der Waals surface area contributed by atoms with Crippen molar-refractivity contribution in [3.63, 3.8) is 0 Å². The molecule has 0 heterocycles. The summed E-state index contributed by atoms with van der Waals surface area (Å²) in [6, 6.07) is 5.15. The van der Waals surface area contributed by atoms with Crippen molar-refractivity contribution in [1.29, 1.82) is 5.26 Å². The molecule has 1 aromatic rings. The third-order valence-corrected chi connectivity index (χ3v) is 3.85. The van der Waals surface area contributed by atoms with Gasteiger partial charge in [0.2, 0.25) is 10.0 Å². The number of nitrogens with one attached hydrogen (secondary N) is 1. The highest BCUT2D eigenvalue weighted by Crippen LogP contribution is 2.19. The highest BCUT2D eigenvalue weighted by molar-refractivity contribution is 7.93. The molecule has 5 nitrogen and oxygen atoms in total. The smallest absolute Gasteiger partial charge is 0.249 e. The van der Waals surface area contributed by atoms with Crippen LogP contribution in [0.5, 0.6) is 0 Å². The number of nitrogen functional groups attached to an aromatic ring is 1. The summed E-state index contributed by atoms with van der Waals surface area (Å²) in [7, 11) is -3.79. The molecule has 0 aliphatic heterocycles. The standard InChI is InChI=1S/C10H12FN3O2S/c1-2-8(6-12)17(15,16)14-7-3-4-9(11)10(13)5-7/h3-5,8,14H,2,13H2,1H3. The van der Waals surface area contributed by atoms with Crippen molar-refractivity contribution in [2.24, 2.45) is 0 Å². The second kappa shape index (κ2) is 5.01. The van der Waals surface area contributed by atoms with E-state index >= 15 is 0 Å². The van der Waals surface area contributed by atoms with Crippen molar-refractivity contribution in [3.8, 4) is 6.07 Å². The molecule has 3 N–H and O–H groups in total. The normalized spacial score (nSPS) is 12.8. The predicted octanol–water partition coefficient (Wildman–Crippen LogP) is 1.45. The molecule has 0 spiro atoms. The van der Waals surface area contributed by atoms with Crippen LogP contribution in [0.25, 0.3) is 0 Å². The number of anilines is 2. The number of hydrogen-bond acceptors (Lipinski definition) is 4. The van der Waals surface area contributed by atoms with Crippen LogP contribution in [0, 0.1) is 17.1 Å². The van der Waals surface area contributed by atoms with E-state index in [-0.39, 0.29) is 17.8 Å². The van der Waals surface area contributed by atoms with Crippen molar-refractivity contribution in [2.75, 3.05) is 10.5 Å². The Hall–Kier alpha value is -1.81. The number of halogens is 1. The van der Waals surface area contributed by atoms with Gasteiger partial charge < -0.3 is 5.73 Å². The number of nitriles is 1. The maximum atomic E-state index is 12.9. The Morgan fingerprint density at radius 3 is 2.71 bits per heavy atom. The van der Waals surface area contributed by atoms with Gasteiger partial charge >= 0.3 is 0 Å². The SMILES string of the molecule is CCC(C#N)S(=O)(=O)Nc1ccc(F)c(N)c1. The van der Waals surface area contributed by atoms with Crippen LogP contribution in [0.1, 0.15) is 13.3 Å². The highest BCUT2D eigenvalue weighted by atomic mass is 32.2. The van der Waals surface area contributed by atoms with Crippen LogP contribution in [0.3, 0.4) is 0 Å². The van der Waals surface area contributed by atoms with Gasteiger partial charge in [0, 0.05) is 0 Å². The third kappa shape index (κ3) is 3.07. The Morgan fingerprint density at radius 1 is 1.59 bits per heavy atom. The molecule has 1 atom stereocenters. The molecule has 17 heavy (non-hydrogen) atoms. The number of nitrogens with two attached hydrogens (primary N) is 1. The Balaban J connectivity index is 2.99. The van der Waals surface area contributed by atoms with Gasteiger partial charge in [-0.15, -0.1) is 0 Å². The molecule has 92 valence electrons. The summed E-state index contributed by atoms with van der Waals surface area (Å²) in [6.45, 7) is 1.59. The maximum absolute atomic E-state index is 12.9. The number of nitrogens with zero attached hydrogens (tertiary/aromatic N) is 1. The van der Waals surface area contributed by atoms with E-state index < -0.39 is 21.1 Å². The van der Waals surface area contributed by atoms with Crippen LogP contribution >= 0.6 is 0 Å². The maximum Gasteiger partial charge on any atom is 0.249 e. The van der Waals surface area contributed by atoms with Crippen LogP contribution in [0.15, 0.2) is 18.2 Å². The van der Waals surface area contributed by atoms with E-state index in [1.54, 1.807) is 13.0 Å². The zero-order chi connectivity index (χ0) is 13.1. The number of rotatable bonds is 4. The molecular weight excluding hydrogens is 245 g/mol. The van der Waals surface area contributed by atoms with Gasteiger partial charge in [-0.3, -0.25) is 4.72 Å². The molecule has 1 rings (SSSR count). The molecule has 0 fully saturated rings. The van der Waals surface area contributed by atoms with Crippen molar-refractivity contribution >= 4 is 21.4 Å². The lowest BCUT2D eigenvalue weighted by atomic mass is 10.3. The topological polar surface area (TPSA) is 96.0 Å². The van der Waals surface area contributed by atoms with E-state index in [0.29, 0.717) is 0 Å².